The molecule has 1 aromatic carbocycles. The third-order valence-electron chi connectivity index (χ3n) is 5.67. The highest BCUT2D eigenvalue weighted by atomic mass is 35.5. The van der Waals surface area contributed by atoms with Crippen LogP contribution in [0, 0.1) is 5.92 Å². The Morgan fingerprint density at radius 1 is 1.14 bits per heavy atom. The predicted molar refractivity (Wildman–Crippen MR) is 119 cm³/mol. The van der Waals surface area contributed by atoms with Gasteiger partial charge in [0.1, 0.15) is 5.82 Å². The number of nitrogens with one attached hydrogen (secondary N) is 2. The number of imidazole rings is 1. The van der Waals surface area contributed by atoms with Gasteiger partial charge in [-0.2, -0.15) is 0 Å². The van der Waals surface area contributed by atoms with Gasteiger partial charge in [0.2, 0.25) is 5.91 Å². The number of rotatable bonds is 5. The molecule has 0 atom stereocenters. The summed E-state index contributed by atoms with van der Waals surface area (Å²) in [4.78, 5) is 16.8. The van der Waals surface area contributed by atoms with Crippen molar-refractivity contribution >= 4 is 36.4 Å². The van der Waals surface area contributed by atoms with E-state index < -0.39 is 0 Å². The maximum Gasteiger partial charge on any atom is 0.224 e. The van der Waals surface area contributed by atoms with Gasteiger partial charge in [-0.3, -0.25) is 4.79 Å². The van der Waals surface area contributed by atoms with Gasteiger partial charge in [-0.15, -0.1) is 24.8 Å². The average Bonchev–Trinajstić information content (AvgIpc) is 3.12. The van der Waals surface area contributed by atoms with Crippen molar-refractivity contribution in [1.82, 2.24) is 14.9 Å². The first-order chi connectivity index (χ1) is 12.8. The molecule has 4 rings (SSSR count). The van der Waals surface area contributed by atoms with Gasteiger partial charge in [0.15, 0.2) is 0 Å². The number of aromatic nitrogens is 2. The molecule has 3 heterocycles. The summed E-state index contributed by atoms with van der Waals surface area (Å²) >= 11 is 0. The van der Waals surface area contributed by atoms with Crippen molar-refractivity contribution in [3.63, 3.8) is 0 Å². The van der Waals surface area contributed by atoms with Crippen molar-refractivity contribution in [2.75, 3.05) is 18.4 Å². The fourth-order valence-corrected chi connectivity index (χ4v) is 4.10. The average molecular weight is 425 g/mol. The van der Waals surface area contributed by atoms with Gasteiger partial charge in [0.05, 0.1) is 0 Å². The van der Waals surface area contributed by atoms with E-state index in [1.165, 1.54) is 31.4 Å². The first-order valence-electron chi connectivity index (χ1n) is 9.95. The van der Waals surface area contributed by atoms with Gasteiger partial charge in [0, 0.05) is 36.1 Å². The minimum absolute atomic E-state index is 0. The van der Waals surface area contributed by atoms with Gasteiger partial charge in [-0.25, -0.2) is 4.98 Å². The number of hydrogen-bond acceptors (Lipinski definition) is 3. The Hall–Kier alpha value is -1.56. The molecule has 0 aliphatic carbocycles. The first kappa shape index (κ1) is 22.7. The molecule has 0 bridgehead atoms. The normalized spacial score (nSPS) is 16.4. The van der Waals surface area contributed by atoms with Crippen LogP contribution in [0.3, 0.4) is 0 Å². The summed E-state index contributed by atoms with van der Waals surface area (Å²) in [5.74, 6) is 1.86. The number of carbonyl (C=O) groups excluding carboxylic acids is 1. The van der Waals surface area contributed by atoms with Gasteiger partial charge in [-0.1, -0.05) is 0 Å². The molecule has 7 heteroatoms. The standard InChI is InChI=1S/C21H28N4O.2ClH/c26-20(9-4-16-10-12-22-13-11-16)24-18-7-5-17(6-8-18)21-23-15-19-3-1-2-14-25(19)21;;/h5-8,15-16,22H,1-4,9-14H2,(H,24,26);2*1H. The molecule has 154 valence electrons. The SMILES string of the molecule is Cl.Cl.O=C(CCC1CCNCC1)Nc1ccc(-c2ncc3n2CCCC3)cc1. The number of aryl methyl sites for hydroxylation is 1. The number of benzene rings is 1. The number of anilines is 1. The molecule has 5 nitrogen and oxygen atoms in total. The van der Waals surface area contributed by atoms with Crippen molar-refractivity contribution in [2.45, 2.75) is 51.5 Å². The highest BCUT2D eigenvalue weighted by Crippen LogP contribution is 2.26. The molecule has 0 radical (unpaired) electrons. The molecule has 28 heavy (non-hydrogen) atoms. The fourth-order valence-electron chi connectivity index (χ4n) is 4.10. The molecule has 1 saturated heterocycles. The van der Waals surface area contributed by atoms with E-state index in [-0.39, 0.29) is 30.7 Å². The lowest BCUT2D eigenvalue weighted by atomic mass is 9.93. The molecule has 1 amide bonds. The highest BCUT2D eigenvalue weighted by Gasteiger charge is 2.16. The van der Waals surface area contributed by atoms with Crippen molar-refractivity contribution in [1.29, 1.82) is 0 Å². The molecular weight excluding hydrogens is 395 g/mol. The van der Waals surface area contributed by atoms with E-state index in [9.17, 15) is 4.79 Å². The summed E-state index contributed by atoms with van der Waals surface area (Å²) in [5, 5.41) is 6.41. The number of halogens is 2. The second-order valence-electron chi connectivity index (χ2n) is 7.54. The Morgan fingerprint density at radius 2 is 1.89 bits per heavy atom. The van der Waals surface area contributed by atoms with Crippen LogP contribution in [0.15, 0.2) is 30.5 Å². The number of fused-ring (bicyclic) bond motifs is 1. The van der Waals surface area contributed by atoms with Crippen LogP contribution in [0.25, 0.3) is 11.4 Å². The second-order valence-corrected chi connectivity index (χ2v) is 7.54. The molecule has 0 spiro atoms. The van der Waals surface area contributed by atoms with E-state index in [0.717, 1.165) is 49.6 Å². The van der Waals surface area contributed by atoms with Crippen LogP contribution in [-0.4, -0.2) is 28.5 Å². The molecule has 2 aromatic rings. The Balaban J connectivity index is 0.00000140. The maximum absolute atomic E-state index is 12.2. The summed E-state index contributed by atoms with van der Waals surface area (Å²) < 4.78 is 2.33. The third-order valence-corrected chi connectivity index (χ3v) is 5.67. The summed E-state index contributed by atoms with van der Waals surface area (Å²) in [6.07, 6.45) is 9.59. The molecule has 1 fully saturated rings. The van der Waals surface area contributed by atoms with Gasteiger partial charge >= 0.3 is 0 Å². The van der Waals surface area contributed by atoms with E-state index in [1.807, 2.05) is 18.3 Å². The minimum atomic E-state index is 0. The van der Waals surface area contributed by atoms with E-state index in [0.29, 0.717) is 12.3 Å². The summed E-state index contributed by atoms with van der Waals surface area (Å²) in [7, 11) is 0. The molecule has 0 saturated carbocycles. The minimum Gasteiger partial charge on any atom is -0.328 e. The smallest absolute Gasteiger partial charge is 0.224 e. The summed E-state index contributed by atoms with van der Waals surface area (Å²) in [5.41, 5.74) is 3.32. The Morgan fingerprint density at radius 3 is 2.64 bits per heavy atom. The lowest BCUT2D eigenvalue weighted by Gasteiger charge is -2.22. The van der Waals surface area contributed by atoms with Crippen LogP contribution >= 0.6 is 24.8 Å². The zero-order chi connectivity index (χ0) is 17.8. The van der Waals surface area contributed by atoms with Crippen LogP contribution in [0.2, 0.25) is 0 Å². The number of hydrogen-bond donors (Lipinski definition) is 2. The number of nitrogens with zero attached hydrogens (tertiary/aromatic N) is 2. The zero-order valence-corrected chi connectivity index (χ0v) is 17.8. The lowest BCUT2D eigenvalue weighted by molar-refractivity contribution is -0.116. The number of amides is 1. The van der Waals surface area contributed by atoms with Gasteiger partial charge in [0.25, 0.3) is 0 Å². The topological polar surface area (TPSA) is 59.0 Å². The molecule has 2 aliphatic rings. The molecular formula is C21H30Cl2N4O. The Labute approximate surface area is 179 Å². The molecule has 2 N–H and O–H groups in total. The van der Waals surface area contributed by atoms with E-state index in [4.69, 9.17) is 0 Å². The van der Waals surface area contributed by atoms with Crippen molar-refractivity contribution in [2.24, 2.45) is 5.92 Å². The van der Waals surface area contributed by atoms with Crippen molar-refractivity contribution < 1.29 is 4.79 Å². The van der Waals surface area contributed by atoms with E-state index >= 15 is 0 Å². The van der Waals surface area contributed by atoms with E-state index in [1.54, 1.807) is 0 Å². The summed E-state index contributed by atoms with van der Waals surface area (Å²) in [6, 6.07) is 8.10. The second kappa shape index (κ2) is 10.8. The Kier molecular flexibility index (Phi) is 8.80. The van der Waals surface area contributed by atoms with Crippen molar-refractivity contribution in [3.05, 3.63) is 36.2 Å². The van der Waals surface area contributed by atoms with Crippen LogP contribution < -0.4 is 10.6 Å². The first-order valence-corrected chi connectivity index (χ1v) is 9.95. The zero-order valence-electron chi connectivity index (χ0n) is 16.2. The van der Waals surface area contributed by atoms with Crippen LogP contribution in [0.1, 0.15) is 44.2 Å². The third kappa shape index (κ3) is 5.49. The number of carbonyl (C=O) groups is 1. The molecule has 0 unspecified atom stereocenters. The lowest BCUT2D eigenvalue weighted by Crippen LogP contribution is -2.28. The molecule has 2 aliphatic heterocycles. The van der Waals surface area contributed by atoms with Crippen LogP contribution in [-0.2, 0) is 17.8 Å². The highest BCUT2D eigenvalue weighted by molar-refractivity contribution is 5.90. The number of piperidine rings is 1. The van der Waals surface area contributed by atoms with Crippen LogP contribution in [0.4, 0.5) is 5.69 Å². The summed E-state index contributed by atoms with van der Waals surface area (Å²) in [6.45, 7) is 3.23. The largest absolute Gasteiger partial charge is 0.328 e. The Bertz CT molecular complexity index is 754. The van der Waals surface area contributed by atoms with Gasteiger partial charge < -0.3 is 15.2 Å². The van der Waals surface area contributed by atoms with E-state index in [2.05, 4.69) is 32.3 Å². The quantitative estimate of drug-likeness (QED) is 0.744. The predicted octanol–water partition coefficient (Wildman–Crippen LogP) is 4.45. The monoisotopic (exact) mass is 424 g/mol. The van der Waals surface area contributed by atoms with Gasteiger partial charge in [-0.05, 0) is 81.8 Å². The fraction of sp³-hybridized carbons (Fsp3) is 0.524. The molecule has 1 aromatic heterocycles. The maximum atomic E-state index is 12.2. The van der Waals surface area contributed by atoms with Crippen LogP contribution in [0.5, 0.6) is 0 Å². The van der Waals surface area contributed by atoms with Crippen molar-refractivity contribution in [3.8, 4) is 11.4 Å².